The van der Waals surface area contributed by atoms with Gasteiger partial charge in [0.25, 0.3) is 0 Å². The van der Waals surface area contributed by atoms with E-state index in [0.29, 0.717) is 0 Å². The normalized spacial score (nSPS) is 10.6. The molecule has 0 aromatic heterocycles. The van der Waals surface area contributed by atoms with Gasteiger partial charge < -0.3 is 38.9 Å². The first-order chi connectivity index (χ1) is 6.83. The molecule has 0 aliphatic carbocycles. The predicted molar refractivity (Wildman–Crippen MR) is 40.2 cm³/mol. The van der Waals surface area contributed by atoms with Crippen molar-refractivity contribution in [1.29, 1.82) is 0 Å². The van der Waals surface area contributed by atoms with Gasteiger partial charge in [0, 0.05) is 0 Å². The topological polar surface area (TPSA) is 201 Å². The zero-order valence-electron chi connectivity index (χ0n) is 7.97. The molecule has 96 valence electrons. The van der Waals surface area contributed by atoms with E-state index in [2.05, 4.69) is 0 Å². The van der Waals surface area contributed by atoms with Crippen LogP contribution in [0.3, 0.4) is 0 Å². The molecule has 0 heterocycles. The summed E-state index contributed by atoms with van der Waals surface area (Å²) in [5, 5.41) is 15.4. The molecule has 0 spiro atoms. The average Bonchev–Trinajstić information content (AvgIpc) is 1.72. The molecule has 0 bridgehead atoms. The van der Waals surface area contributed by atoms with Gasteiger partial charge >= 0.3 is 38.1 Å². The van der Waals surface area contributed by atoms with E-state index >= 15 is 0 Å². The molecule has 0 aliphatic rings. The molecule has 0 aliphatic heterocycles. The summed E-state index contributed by atoms with van der Waals surface area (Å²) >= 11 is 0. The molecule has 0 amide bonds. The Hall–Kier alpha value is 0.123. The van der Waals surface area contributed by atoms with Crippen LogP contribution in [0.1, 0.15) is 0 Å². The van der Waals surface area contributed by atoms with Crippen molar-refractivity contribution in [3.8, 4) is 0 Å². The molecule has 0 atom stereocenters. The standard InChI is InChI=1S/2C2H5O5P.Zr/c2*3-2(4)1-8(5,6)7;/h2*1H2,(H,3,4)(H2,5,6,7);/q;;+4/p-4. The van der Waals surface area contributed by atoms with Crippen LogP contribution in [-0.4, -0.2) is 34.5 Å². The van der Waals surface area contributed by atoms with E-state index in [1.807, 2.05) is 0 Å². The van der Waals surface area contributed by atoms with Crippen LogP contribution in [0.15, 0.2) is 0 Å². The van der Waals surface area contributed by atoms with E-state index < -0.39 is 39.5 Å². The molecule has 17 heavy (non-hydrogen) atoms. The average molecular weight is 367 g/mol. The van der Waals surface area contributed by atoms with Crippen molar-refractivity contribution in [2.75, 3.05) is 12.3 Å². The molecule has 13 heteroatoms. The van der Waals surface area contributed by atoms with E-state index in [4.69, 9.17) is 10.2 Å². The first-order valence-electron chi connectivity index (χ1n) is 3.29. The van der Waals surface area contributed by atoms with Gasteiger partial charge in [-0.15, -0.1) is 0 Å². The Kier molecular flexibility index (Phi) is 12.0. The predicted octanol–water partition coefficient (Wildman–Crippen LogP) is -4.03. The van der Waals surface area contributed by atoms with Gasteiger partial charge in [-0.05, 0) is 0 Å². The van der Waals surface area contributed by atoms with Gasteiger partial charge in [0.2, 0.25) is 0 Å². The summed E-state index contributed by atoms with van der Waals surface area (Å²) in [6.07, 6.45) is -2.63. The summed E-state index contributed by atoms with van der Waals surface area (Å²) in [5.74, 6) is -3.23. The van der Waals surface area contributed by atoms with Gasteiger partial charge in [0.15, 0.2) is 0 Å². The fraction of sp³-hybridized carbons (Fsp3) is 0.500. The number of carboxylic acid groups (broad SMARTS) is 2. The maximum atomic E-state index is 9.53. The van der Waals surface area contributed by atoms with Crippen LogP contribution < -0.4 is 19.6 Å². The van der Waals surface area contributed by atoms with E-state index in [9.17, 15) is 38.3 Å². The van der Waals surface area contributed by atoms with Crippen molar-refractivity contribution < 1.29 is 74.7 Å². The Balaban J connectivity index is -0.000000218. The Morgan fingerprint density at radius 2 is 1.00 bits per heavy atom. The molecule has 0 saturated carbocycles. The van der Waals surface area contributed by atoms with E-state index in [1.54, 1.807) is 0 Å². The number of hydrogen-bond acceptors (Lipinski definition) is 8. The summed E-state index contributed by atoms with van der Waals surface area (Å²) < 4.78 is 19.1. The zero-order valence-corrected chi connectivity index (χ0v) is 12.2. The largest absolute Gasteiger partial charge is 4.00 e. The number of aliphatic carboxylic acids is 2. The van der Waals surface area contributed by atoms with Crippen LogP contribution >= 0.6 is 15.2 Å². The van der Waals surface area contributed by atoms with Gasteiger partial charge in [-0.25, -0.2) is 0 Å². The third-order valence-corrected chi connectivity index (χ3v) is 1.97. The molecule has 0 radical (unpaired) electrons. The van der Waals surface area contributed by atoms with Crippen LogP contribution in [0, 0.1) is 0 Å². The summed E-state index contributed by atoms with van der Waals surface area (Å²) in [5.41, 5.74) is 0. The molecular weight excluding hydrogens is 361 g/mol. The first-order valence-corrected chi connectivity index (χ1v) is 6.75. The van der Waals surface area contributed by atoms with E-state index in [0.717, 1.165) is 0 Å². The number of carbonyl (C=O) groups is 2. The van der Waals surface area contributed by atoms with Crippen LogP contribution in [-0.2, 0) is 44.9 Å². The van der Waals surface area contributed by atoms with E-state index in [-0.39, 0.29) is 26.2 Å². The molecular formula is C4H6O10P2Zr. The second-order valence-corrected chi connectivity index (χ2v) is 5.40. The Labute approximate surface area is 114 Å². The van der Waals surface area contributed by atoms with Crippen molar-refractivity contribution in [3.63, 3.8) is 0 Å². The molecule has 0 rings (SSSR count). The number of hydrogen-bond donors (Lipinski definition) is 2. The second-order valence-electron chi connectivity index (χ2n) is 2.33. The first kappa shape index (κ1) is 22.3. The Morgan fingerprint density at radius 3 is 1.00 bits per heavy atom. The fourth-order valence-electron chi connectivity index (χ4n) is 0.331. The SMILES string of the molecule is O=C(O)CP(=O)([O-])[O-].O=C(O)CP(=O)([O-])[O-].[Zr+4]. The van der Waals surface area contributed by atoms with Gasteiger partial charge in [-0.1, -0.05) is 15.2 Å². The molecule has 10 nitrogen and oxygen atoms in total. The van der Waals surface area contributed by atoms with Crippen molar-refractivity contribution in [3.05, 3.63) is 0 Å². The molecule has 0 fully saturated rings. The van der Waals surface area contributed by atoms with Gasteiger partial charge in [-0.2, -0.15) is 0 Å². The monoisotopic (exact) mass is 366 g/mol. The van der Waals surface area contributed by atoms with E-state index in [1.165, 1.54) is 0 Å². The minimum absolute atomic E-state index is 0. The minimum Gasteiger partial charge on any atom is -0.810 e. The van der Waals surface area contributed by atoms with Crippen LogP contribution in [0.25, 0.3) is 0 Å². The second kappa shape index (κ2) is 9.11. The number of rotatable bonds is 4. The summed E-state index contributed by atoms with van der Waals surface area (Å²) in [6.45, 7) is 0. The van der Waals surface area contributed by atoms with Crippen LogP contribution in [0.4, 0.5) is 0 Å². The maximum Gasteiger partial charge on any atom is 4.00 e. The Morgan fingerprint density at radius 1 is 0.824 bits per heavy atom. The van der Waals surface area contributed by atoms with Crippen LogP contribution in [0.2, 0.25) is 0 Å². The molecule has 0 aromatic carbocycles. The molecule has 0 aromatic rings. The summed E-state index contributed by atoms with van der Waals surface area (Å²) in [6, 6.07) is 0. The summed E-state index contributed by atoms with van der Waals surface area (Å²) in [4.78, 5) is 57.0. The maximum absolute atomic E-state index is 9.53. The summed E-state index contributed by atoms with van der Waals surface area (Å²) in [7, 11) is -9.64. The van der Waals surface area contributed by atoms with Gasteiger partial charge in [-0.3, -0.25) is 9.59 Å². The number of carboxylic acids is 2. The van der Waals surface area contributed by atoms with Crippen molar-refractivity contribution in [1.82, 2.24) is 0 Å². The van der Waals surface area contributed by atoms with Gasteiger partial charge in [0.05, 0.1) is 12.3 Å². The van der Waals surface area contributed by atoms with Gasteiger partial charge in [0.1, 0.15) is 0 Å². The minimum atomic E-state index is -4.82. The Bertz CT molecular complexity index is 306. The quantitative estimate of drug-likeness (QED) is 0.461. The van der Waals surface area contributed by atoms with Crippen molar-refractivity contribution in [2.24, 2.45) is 0 Å². The molecule has 0 saturated heterocycles. The van der Waals surface area contributed by atoms with Crippen molar-refractivity contribution >= 4 is 27.1 Å². The fourth-order valence-corrected chi connectivity index (χ4v) is 0.994. The third-order valence-electron chi connectivity index (χ3n) is 0.658. The third kappa shape index (κ3) is 31.4. The smallest absolute Gasteiger partial charge is 0.810 e. The zero-order chi connectivity index (χ0) is 13.6. The van der Waals surface area contributed by atoms with Crippen molar-refractivity contribution in [2.45, 2.75) is 0 Å². The molecule has 2 N–H and O–H groups in total. The molecule has 0 unspecified atom stereocenters. The van der Waals surface area contributed by atoms with Crippen LogP contribution in [0.5, 0.6) is 0 Å².